The van der Waals surface area contributed by atoms with E-state index in [-0.39, 0.29) is 0 Å². The zero-order valence-electron chi connectivity index (χ0n) is 20.4. The summed E-state index contributed by atoms with van der Waals surface area (Å²) in [7, 11) is 0. The average Bonchev–Trinajstić information content (AvgIpc) is 3.53. The minimum Gasteiger partial charge on any atom is -0.309 e. The van der Waals surface area contributed by atoms with Gasteiger partial charge in [-0.2, -0.15) is 0 Å². The number of rotatable bonds is 3. The first-order valence-corrected chi connectivity index (χ1v) is 13.5. The van der Waals surface area contributed by atoms with Crippen LogP contribution in [0.2, 0.25) is 0 Å². The van der Waals surface area contributed by atoms with Crippen molar-refractivity contribution in [2.45, 2.75) is 0 Å². The van der Waals surface area contributed by atoms with Gasteiger partial charge < -0.3 is 4.57 Å². The van der Waals surface area contributed by atoms with E-state index in [1.54, 1.807) is 11.3 Å². The fraction of sp³-hybridized carbons (Fsp3) is 0. The minimum atomic E-state index is 0.976. The lowest BCUT2D eigenvalue weighted by Crippen LogP contribution is -1.98. The summed E-state index contributed by atoms with van der Waals surface area (Å²) >= 11 is 1.80. The van der Waals surface area contributed by atoms with Crippen LogP contribution in [0.3, 0.4) is 0 Å². The van der Waals surface area contributed by atoms with E-state index in [1.165, 1.54) is 42.0 Å². The van der Waals surface area contributed by atoms with Gasteiger partial charge in [0, 0.05) is 56.0 Å². The highest BCUT2D eigenvalue weighted by molar-refractivity contribution is 7.26. The lowest BCUT2D eigenvalue weighted by Gasteiger charge is -2.16. The van der Waals surface area contributed by atoms with Crippen LogP contribution in [0, 0.1) is 0 Å². The van der Waals surface area contributed by atoms with Gasteiger partial charge in [-0.15, -0.1) is 11.3 Å². The smallest absolute Gasteiger partial charge is 0.0902 e. The Hall–Kier alpha value is -4.80. The molecule has 4 heteroatoms. The molecule has 0 aliphatic carbocycles. The van der Waals surface area contributed by atoms with E-state index >= 15 is 0 Å². The Morgan fingerprint density at radius 1 is 0.526 bits per heavy atom. The van der Waals surface area contributed by atoms with Crippen molar-refractivity contribution >= 4 is 53.3 Å². The molecule has 0 saturated carbocycles. The third-order valence-electron chi connectivity index (χ3n) is 7.39. The lowest BCUT2D eigenvalue weighted by molar-refractivity contribution is 1.18. The van der Waals surface area contributed by atoms with E-state index in [1.807, 2.05) is 18.6 Å². The monoisotopic (exact) mass is 503 g/mol. The molecule has 0 fully saturated rings. The van der Waals surface area contributed by atoms with Gasteiger partial charge in [-0.3, -0.25) is 9.97 Å². The maximum absolute atomic E-state index is 4.91. The first-order valence-electron chi connectivity index (χ1n) is 12.7. The highest BCUT2D eigenvalue weighted by Gasteiger charge is 2.19. The van der Waals surface area contributed by atoms with Crippen molar-refractivity contribution in [1.29, 1.82) is 0 Å². The number of nitrogens with zero attached hydrogens (tertiary/aromatic N) is 3. The Balaban J connectivity index is 1.43. The summed E-state index contributed by atoms with van der Waals surface area (Å²) in [6.45, 7) is 0. The Morgan fingerprint density at radius 2 is 1.21 bits per heavy atom. The van der Waals surface area contributed by atoms with Crippen LogP contribution in [0.1, 0.15) is 0 Å². The second-order valence-electron chi connectivity index (χ2n) is 9.44. The van der Waals surface area contributed by atoms with Gasteiger partial charge in [-0.1, -0.05) is 72.8 Å². The predicted octanol–water partition coefficient (Wildman–Crippen LogP) is 9.28. The van der Waals surface area contributed by atoms with Crippen LogP contribution in [0.4, 0.5) is 0 Å². The van der Waals surface area contributed by atoms with Crippen LogP contribution >= 0.6 is 11.3 Å². The molecule has 0 aliphatic rings. The fourth-order valence-electron chi connectivity index (χ4n) is 5.74. The third kappa shape index (κ3) is 3.07. The largest absolute Gasteiger partial charge is 0.309 e. The van der Waals surface area contributed by atoms with E-state index < -0.39 is 0 Å². The zero-order valence-corrected chi connectivity index (χ0v) is 21.2. The zero-order chi connectivity index (χ0) is 25.1. The van der Waals surface area contributed by atoms with E-state index in [2.05, 4.69) is 119 Å². The maximum atomic E-state index is 4.91. The molecule has 3 nitrogen and oxygen atoms in total. The first-order chi connectivity index (χ1) is 18.9. The molecule has 178 valence electrons. The van der Waals surface area contributed by atoms with Crippen LogP contribution in [-0.4, -0.2) is 14.5 Å². The second kappa shape index (κ2) is 8.37. The second-order valence-corrected chi connectivity index (χ2v) is 10.5. The molecule has 0 atom stereocenters. The van der Waals surface area contributed by atoms with Crippen molar-refractivity contribution < 1.29 is 0 Å². The number of aromatic nitrogens is 3. The molecular formula is C34H21N3S. The van der Waals surface area contributed by atoms with Crippen molar-refractivity contribution in [3.8, 4) is 28.1 Å². The summed E-state index contributed by atoms with van der Waals surface area (Å²) in [5.74, 6) is 0. The summed E-state index contributed by atoms with van der Waals surface area (Å²) in [4.78, 5) is 9.47. The Morgan fingerprint density at radius 3 is 2.03 bits per heavy atom. The molecule has 0 N–H and O–H groups in total. The average molecular weight is 504 g/mol. The van der Waals surface area contributed by atoms with Crippen molar-refractivity contribution in [2.24, 2.45) is 0 Å². The summed E-state index contributed by atoms with van der Waals surface area (Å²) < 4.78 is 4.85. The standard InChI is InChI=1S/C34H21N3S/c1-5-13-29(37-30-14-6-2-10-24(30)25-11-3-7-15-31(25)37)23(9-1)22-17-19-35-21-28(22)33-34-27(18-20-36-33)26-12-4-8-16-32(26)38-34/h1-21H. The number of fused-ring (bicyclic) bond motifs is 6. The number of pyridine rings is 2. The summed E-state index contributed by atoms with van der Waals surface area (Å²) in [6.07, 6.45) is 5.77. The molecule has 0 saturated heterocycles. The van der Waals surface area contributed by atoms with Crippen molar-refractivity contribution in [1.82, 2.24) is 14.5 Å². The Labute approximate surface area is 223 Å². The molecule has 8 rings (SSSR count). The molecule has 8 aromatic rings. The van der Waals surface area contributed by atoms with Gasteiger partial charge in [-0.25, -0.2) is 0 Å². The Kier molecular flexibility index (Phi) is 4.69. The van der Waals surface area contributed by atoms with Gasteiger partial charge in [0.15, 0.2) is 0 Å². The van der Waals surface area contributed by atoms with Crippen molar-refractivity contribution in [2.75, 3.05) is 0 Å². The molecule has 4 aromatic carbocycles. The Bertz CT molecular complexity index is 2100. The molecule has 0 amide bonds. The van der Waals surface area contributed by atoms with Gasteiger partial charge in [0.1, 0.15) is 0 Å². The fourth-order valence-corrected chi connectivity index (χ4v) is 6.94. The van der Waals surface area contributed by atoms with Gasteiger partial charge in [0.25, 0.3) is 0 Å². The number of hydrogen-bond donors (Lipinski definition) is 0. The SMILES string of the molecule is c1ccc(-n2c3ccccc3c3ccccc32)c(-c2ccncc2-c2nccc3c2sc2ccccc23)c1. The molecular weight excluding hydrogens is 482 g/mol. The summed E-state index contributed by atoms with van der Waals surface area (Å²) in [5, 5.41) is 5.02. The lowest BCUT2D eigenvalue weighted by atomic mass is 9.97. The highest BCUT2D eigenvalue weighted by Crippen LogP contribution is 2.43. The van der Waals surface area contributed by atoms with Crippen LogP contribution in [0.5, 0.6) is 0 Å². The van der Waals surface area contributed by atoms with Crippen LogP contribution in [0.15, 0.2) is 128 Å². The predicted molar refractivity (Wildman–Crippen MR) is 160 cm³/mol. The molecule has 4 heterocycles. The number of benzene rings is 4. The molecule has 0 bridgehead atoms. The van der Waals surface area contributed by atoms with Gasteiger partial charge >= 0.3 is 0 Å². The van der Waals surface area contributed by atoms with Gasteiger partial charge in [0.05, 0.1) is 27.1 Å². The molecule has 38 heavy (non-hydrogen) atoms. The minimum absolute atomic E-state index is 0.976. The number of hydrogen-bond acceptors (Lipinski definition) is 3. The topological polar surface area (TPSA) is 30.7 Å². The van der Waals surface area contributed by atoms with E-state index in [0.29, 0.717) is 0 Å². The summed E-state index contributed by atoms with van der Waals surface area (Å²) in [6, 6.07) is 38.8. The first kappa shape index (κ1) is 21.3. The highest BCUT2D eigenvalue weighted by atomic mass is 32.1. The van der Waals surface area contributed by atoms with Gasteiger partial charge in [0.2, 0.25) is 0 Å². The van der Waals surface area contributed by atoms with E-state index in [9.17, 15) is 0 Å². The van der Waals surface area contributed by atoms with Crippen LogP contribution in [0.25, 0.3) is 70.0 Å². The van der Waals surface area contributed by atoms with Crippen molar-refractivity contribution in [3.63, 3.8) is 0 Å². The van der Waals surface area contributed by atoms with E-state index in [0.717, 1.165) is 28.1 Å². The van der Waals surface area contributed by atoms with Crippen LogP contribution in [-0.2, 0) is 0 Å². The molecule has 0 aliphatic heterocycles. The molecule has 0 radical (unpaired) electrons. The third-order valence-corrected chi connectivity index (χ3v) is 8.58. The quantitative estimate of drug-likeness (QED) is 0.240. The molecule has 0 spiro atoms. The molecule has 0 unspecified atom stereocenters. The molecule has 4 aromatic heterocycles. The van der Waals surface area contributed by atoms with Crippen molar-refractivity contribution in [3.05, 3.63) is 128 Å². The van der Waals surface area contributed by atoms with Gasteiger partial charge in [-0.05, 0) is 42.0 Å². The van der Waals surface area contributed by atoms with Crippen LogP contribution < -0.4 is 0 Å². The normalized spacial score (nSPS) is 11.7. The number of thiophene rings is 1. The van der Waals surface area contributed by atoms with E-state index in [4.69, 9.17) is 4.98 Å². The number of para-hydroxylation sites is 3. The maximum Gasteiger partial charge on any atom is 0.0902 e. The summed E-state index contributed by atoms with van der Waals surface area (Å²) in [5.41, 5.74) is 7.82.